The second-order valence-corrected chi connectivity index (χ2v) is 20.5. The van der Waals surface area contributed by atoms with Crippen LogP contribution in [0.1, 0.15) is 102 Å². The molecule has 2 aliphatic carbocycles. The van der Waals surface area contributed by atoms with Gasteiger partial charge in [0, 0.05) is 63.8 Å². The van der Waals surface area contributed by atoms with Crippen molar-refractivity contribution in [2.24, 2.45) is 5.92 Å². The first-order chi connectivity index (χ1) is 34.2. The fraction of sp³-hybridized carbons (Fsp3) is 0.254. The van der Waals surface area contributed by atoms with Gasteiger partial charge in [0.25, 0.3) is 0 Å². The number of rotatable bonds is 22. The molecule has 6 aromatic carbocycles. The zero-order chi connectivity index (χ0) is 48.8. The second kappa shape index (κ2) is 24.5. The Morgan fingerprint density at radius 1 is 0.543 bits per heavy atom. The number of carbonyl (C=O) groups excluding carboxylic acids is 4. The van der Waals surface area contributed by atoms with E-state index in [2.05, 4.69) is 68.6 Å². The van der Waals surface area contributed by atoms with E-state index in [-0.39, 0.29) is 38.0 Å². The number of unbranched alkanes of at least 4 members (excludes halogenated alkanes) is 2. The van der Waals surface area contributed by atoms with E-state index in [0.717, 1.165) is 38.3 Å². The molecule has 0 spiro atoms. The topological polar surface area (TPSA) is 105 Å². The highest BCUT2D eigenvalue weighted by Gasteiger charge is 2.36. The maximum Gasteiger partial charge on any atom is 0.330 e. The van der Waals surface area contributed by atoms with Crippen LogP contribution < -0.4 is 9.47 Å². The molecule has 0 saturated heterocycles. The van der Waals surface area contributed by atoms with Crippen LogP contribution in [0.25, 0.3) is 11.1 Å². The highest BCUT2D eigenvalue weighted by molar-refractivity contribution is 8.00. The molecule has 6 aromatic rings. The van der Waals surface area contributed by atoms with Gasteiger partial charge in [0.05, 0.1) is 0 Å². The van der Waals surface area contributed by atoms with Crippen LogP contribution in [0.15, 0.2) is 182 Å². The molecule has 0 radical (unpaired) electrons. The Morgan fingerprint density at radius 3 is 1.51 bits per heavy atom. The zero-order valence-corrected chi connectivity index (χ0v) is 41.8. The molecular weight excluding hydrogens is 933 g/mol. The fourth-order valence-electron chi connectivity index (χ4n) is 8.93. The third kappa shape index (κ3) is 12.7. The normalized spacial score (nSPS) is 15.0. The van der Waals surface area contributed by atoms with Gasteiger partial charge in [-0.1, -0.05) is 130 Å². The third-order valence-corrected chi connectivity index (χ3v) is 15.8. The van der Waals surface area contributed by atoms with Crippen LogP contribution >= 0.6 is 35.3 Å². The summed E-state index contributed by atoms with van der Waals surface area (Å²) in [6.07, 6.45) is 12.8. The minimum Gasteiger partial charge on any atom is -0.490 e. The van der Waals surface area contributed by atoms with Gasteiger partial charge in [-0.2, -0.15) is 0 Å². The average molecular weight is 989 g/mol. The lowest BCUT2D eigenvalue weighted by Gasteiger charge is -2.29. The van der Waals surface area contributed by atoms with Gasteiger partial charge in [-0.15, -0.1) is 0 Å². The summed E-state index contributed by atoms with van der Waals surface area (Å²) in [5.74, 6) is 1.26. The smallest absolute Gasteiger partial charge is 0.330 e. The zero-order valence-electron chi connectivity index (χ0n) is 39.3. The monoisotopic (exact) mass is 988 g/mol. The highest BCUT2D eigenvalue weighted by atomic mass is 32.2. The Morgan fingerprint density at radius 2 is 1.01 bits per heavy atom. The molecule has 8 nitrogen and oxygen atoms in total. The molecule has 11 heteroatoms. The maximum atomic E-state index is 15.1. The van der Waals surface area contributed by atoms with Gasteiger partial charge in [0.15, 0.2) is 11.6 Å². The first-order valence-corrected chi connectivity index (χ1v) is 26.3. The van der Waals surface area contributed by atoms with Crippen LogP contribution in [0.4, 0.5) is 0 Å². The largest absolute Gasteiger partial charge is 0.490 e. The van der Waals surface area contributed by atoms with Crippen LogP contribution in [0, 0.1) is 5.92 Å². The van der Waals surface area contributed by atoms with Gasteiger partial charge in [0.2, 0.25) is 0 Å². The molecule has 358 valence electrons. The third-order valence-electron chi connectivity index (χ3n) is 12.6. The quantitative estimate of drug-likeness (QED) is 0.0368. The van der Waals surface area contributed by atoms with Gasteiger partial charge in [-0.25, -0.2) is 9.59 Å². The number of ether oxygens (including phenoxy) is 4. The summed E-state index contributed by atoms with van der Waals surface area (Å²) >= 11 is 4.28. The number of benzene rings is 6. The summed E-state index contributed by atoms with van der Waals surface area (Å²) < 4.78 is 21.5. The van der Waals surface area contributed by atoms with Gasteiger partial charge < -0.3 is 18.9 Å². The minimum atomic E-state index is -0.512. The predicted octanol–water partition coefficient (Wildman–Crippen LogP) is 14.7. The number of fused-ring (bicyclic) bond motifs is 2. The van der Waals surface area contributed by atoms with E-state index in [0.29, 0.717) is 54.4 Å². The van der Waals surface area contributed by atoms with Crippen molar-refractivity contribution in [3.8, 4) is 22.6 Å². The average Bonchev–Trinajstić information content (AvgIpc) is 3.39. The summed E-state index contributed by atoms with van der Waals surface area (Å²) in [5.41, 5.74) is 5.21. The lowest BCUT2D eigenvalue weighted by Crippen LogP contribution is -2.23. The number of hydrogen-bond donors (Lipinski definition) is 0. The van der Waals surface area contributed by atoms with E-state index in [9.17, 15) is 14.4 Å². The molecule has 0 heterocycles. The summed E-state index contributed by atoms with van der Waals surface area (Å²) in [4.78, 5) is 57.4. The van der Waals surface area contributed by atoms with Crippen LogP contribution in [-0.4, -0.2) is 49.9 Å². The van der Waals surface area contributed by atoms with Crippen molar-refractivity contribution in [3.63, 3.8) is 0 Å². The highest BCUT2D eigenvalue weighted by Crippen LogP contribution is 2.46. The Balaban J connectivity index is 1.02. The van der Waals surface area contributed by atoms with E-state index in [1.54, 1.807) is 6.07 Å². The Hall–Kier alpha value is -6.27. The first kappa shape index (κ1) is 50.1. The molecule has 70 heavy (non-hydrogen) atoms. The molecule has 0 bridgehead atoms. The Kier molecular flexibility index (Phi) is 17.6. The molecular formula is C59H56O8S3. The Bertz CT molecular complexity index is 2810. The molecule has 2 aliphatic rings. The minimum absolute atomic E-state index is 0.0874. The molecule has 1 fully saturated rings. The van der Waals surface area contributed by atoms with Crippen molar-refractivity contribution in [2.45, 2.75) is 93.6 Å². The molecule has 0 amide bonds. The molecule has 1 saturated carbocycles. The van der Waals surface area contributed by atoms with Gasteiger partial charge >= 0.3 is 11.9 Å². The summed E-state index contributed by atoms with van der Waals surface area (Å²) in [6.45, 7) is 9.62. The van der Waals surface area contributed by atoms with Crippen molar-refractivity contribution in [1.29, 1.82) is 0 Å². The van der Waals surface area contributed by atoms with Crippen LogP contribution in [0.5, 0.6) is 11.5 Å². The standard InChI is InChI=1S/C59H56O8S3/c1-4-7-8-10-39-13-15-40(16-14-39)41-17-19-42(20-18-41)43-21-27-46(28-22-43)69-51-33-34-52(70-48-31-25-45(26-32-48)65-36-38-67-54(61)6-3)57-56(51)58(62)49-11-9-12-50(55(49)59(57)63)68-47-29-23-44(24-30-47)64-35-37-66-53(60)5-2/h5-6,9,11-12,17-34,39-40H,2-4,7-8,10,13-16,35-38H2,1H3. The molecule has 0 aromatic heterocycles. The summed E-state index contributed by atoms with van der Waals surface area (Å²) in [5, 5.41) is 0. The van der Waals surface area contributed by atoms with Crippen molar-refractivity contribution in [3.05, 3.63) is 181 Å². The van der Waals surface area contributed by atoms with Crippen LogP contribution in [-0.2, 0) is 19.1 Å². The molecule has 0 atom stereocenters. The van der Waals surface area contributed by atoms with Crippen molar-refractivity contribution in [1.82, 2.24) is 0 Å². The van der Waals surface area contributed by atoms with Gasteiger partial charge in [-0.3, -0.25) is 9.59 Å². The number of carbonyl (C=O) groups is 4. The van der Waals surface area contributed by atoms with Gasteiger partial charge in [0.1, 0.15) is 37.9 Å². The lowest BCUT2D eigenvalue weighted by atomic mass is 9.77. The first-order valence-electron chi connectivity index (χ1n) is 23.9. The molecule has 8 rings (SSSR count). The van der Waals surface area contributed by atoms with Gasteiger partial charge in [-0.05, 0) is 133 Å². The summed E-state index contributed by atoms with van der Waals surface area (Å²) in [6, 6.07) is 41.7. The van der Waals surface area contributed by atoms with Crippen molar-refractivity contribution < 1.29 is 38.1 Å². The predicted molar refractivity (Wildman–Crippen MR) is 279 cm³/mol. The van der Waals surface area contributed by atoms with E-state index in [1.807, 2.05) is 72.8 Å². The van der Waals surface area contributed by atoms with E-state index < -0.39 is 11.9 Å². The number of ketones is 2. The number of esters is 2. The van der Waals surface area contributed by atoms with E-state index in [4.69, 9.17) is 18.9 Å². The lowest BCUT2D eigenvalue weighted by molar-refractivity contribution is -0.139. The Labute approximate surface area is 423 Å². The van der Waals surface area contributed by atoms with Crippen LogP contribution in [0.3, 0.4) is 0 Å². The second-order valence-electron chi connectivity index (χ2n) is 17.2. The molecule has 0 aliphatic heterocycles. The SMILES string of the molecule is C=CC(=O)OCCOc1ccc(Sc2cccc3c2C(=O)c2c(Sc4ccc(OCCOC(=O)C=C)cc4)ccc(Sc4ccc(-c5ccc(C6CCC(CCCCC)CC6)cc5)cc4)c2C3=O)cc1. The number of hydrogen-bond acceptors (Lipinski definition) is 11. The maximum absolute atomic E-state index is 15.1. The fourth-order valence-corrected chi connectivity index (χ4v) is 11.8. The van der Waals surface area contributed by atoms with E-state index >= 15 is 4.79 Å². The molecule has 0 unspecified atom stereocenters. The van der Waals surface area contributed by atoms with Crippen LogP contribution in [0.2, 0.25) is 0 Å². The van der Waals surface area contributed by atoms with Crippen molar-refractivity contribution in [2.75, 3.05) is 26.4 Å². The van der Waals surface area contributed by atoms with E-state index in [1.165, 1.54) is 97.8 Å². The van der Waals surface area contributed by atoms with Crippen molar-refractivity contribution >= 4 is 58.8 Å². The molecule has 0 N–H and O–H groups in total. The summed E-state index contributed by atoms with van der Waals surface area (Å²) in [7, 11) is 0.